The predicted octanol–water partition coefficient (Wildman–Crippen LogP) is 3.66. The molecule has 2 aromatic heterocycles. The second-order valence-electron chi connectivity index (χ2n) is 5.10. The van der Waals surface area contributed by atoms with Gasteiger partial charge in [0.1, 0.15) is 0 Å². The average molecular weight is 291 g/mol. The van der Waals surface area contributed by atoms with E-state index in [4.69, 9.17) is 0 Å². The fourth-order valence-corrected chi connectivity index (χ4v) is 2.44. The van der Waals surface area contributed by atoms with Crippen molar-refractivity contribution in [2.75, 3.05) is 0 Å². The molecule has 2 heterocycles. The number of pyridine rings is 1. The number of ketones is 1. The Kier molecular flexibility index (Phi) is 3.83. The van der Waals surface area contributed by atoms with Crippen LogP contribution in [0.4, 0.5) is 0 Å². The molecule has 0 amide bonds. The molecule has 0 fully saturated rings. The summed E-state index contributed by atoms with van der Waals surface area (Å²) < 4.78 is 1.78. The minimum absolute atomic E-state index is 0.0295. The van der Waals surface area contributed by atoms with E-state index in [0.29, 0.717) is 5.56 Å². The van der Waals surface area contributed by atoms with Crippen molar-refractivity contribution in [1.29, 1.82) is 0 Å². The van der Waals surface area contributed by atoms with Gasteiger partial charge in [-0.05, 0) is 37.6 Å². The van der Waals surface area contributed by atoms with E-state index in [-0.39, 0.29) is 5.78 Å². The van der Waals surface area contributed by atoms with Crippen molar-refractivity contribution in [2.24, 2.45) is 0 Å². The Bertz CT molecular complexity index is 856. The summed E-state index contributed by atoms with van der Waals surface area (Å²) >= 11 is 0. The van der Waals surface area contributed by atoms with Gasteiger partial charge in [0.15, 0.2) is 5.78 Å². The van der Waals surface area contributed by atoms with Gasteiger partial charge < -0.3 is 0 Å². The predicted molar refractivity (Wildman–Crippen MR) is 87.7 cm³/mol. The molecule has 0 saturated carbocycles. The lowest BCUT2D eigenvalue weighted by Gasteiger charge is -2.00. The Labute approximate surface area is 129 Å². The summed E-state index contributed by atoms with van der Waals surface area (Å²) in [4.78, 5) is 16.7. The Morgan fingerprint density at radius 2 is 2.09 bits per heavy atom. The molecule has 0 spiro atoms. The zero-order valence-electron chi connectivity index (χ0n) is 12.7. The van der Waals surface area contributed by atoms with Gasteiger partial charge in [-0.2, -0.15) is 5.10 Å². The van der Waals surface area contributed by atoms with Crippen LogP contribution in [0.25, 0.3) is 17.0 Å². The van der Waals surface area contributed by atoms with Crippen molar-refractivity contribution in [3.63, 3.8) is 0 Å². The average Bonchev–Trinajstić information content (AvgIpc) is 2.93. The number of fused-ring (bicyclic) bond motifs is 1. The highest BCUT2D eigenvalue weighted by molar-refractivity contribution is 6.08. The van der Waals surface area contributed by atoms with Crippen molar-refractivity contribution in [2.45, 2.75) is 20.4 Å². The molecule has 0 radical (unpaired) electrons. The number of aromatic nitrogens is 3. The van der Waals surface area contributed by atoms with Crippen molar-refractivity contribution < 1.29 is 4.79 Å². The third-order valence-electron chi connectivity index (χ3n) is 3.63. The fourth-order valence-electron chi connectivity index (χ4n) is 2.44. The van der Waals surface area contributed by atoms with Gasteiger partial charge in [0, 0.05) is 24.3 Å². The second kappa shape index (κ2) is 5.93. The highest BCUT2D eigenvalue weighted by Gasteiger charge is 2.10. The first-order valence-electron chi connectivity index (χ1n) is 7.29. The zero-order valence-corrected chi connectivity index (χ0v) is 12.7. The van der Waals surface area contributed by atoms with Gasteiger partial charge in [0.25, 0.3) is 0 Å². The van der Waals surface area contributed by atoms with E-state index in [1.54, 1.807) is 23.2 Å². The van der Waals surface area contributed by atoms with E-state index in [1.807, 2.05) is 50.3 Å². The van der Waals surface area contributed by atoms with Crippen LogP contribution in [0.1, 0.15) is 28.5 Å². The van der Waals surface area contributed by atoms with Crippen molar-refractivity contribution in [3.05, 3.63) is 65.6 Å². The van der Waals surface area contributed by atoms with Gasteiger partial charge in [0.05, 0.1) is 16.8 Å². The molecular weight excluding hydrogens is 274 g/mol. The van der Waals surface area contributed by atoms with Gasteiger partial charge in [-0.3, -0.25) is 14.5 Å². The number of nitrogens with zero attached hydrogens (tertiary/aromatic N) is 3. The smallest absolute Gasteiger partial charge is 0.189 e. The van der Waals surface area contributed by atoms with Gasteiger partial charge in [-0.15, -0.1) is 0 Å². The highest BCUT2D eigenvalue weighted by atomic mass is 16.1. The summed E-state index contributed by atoms with van der Waals surface area (Å²) in [5, 5.41) is 5.34. The topological polar surface area (TPSA) is 47.8 Å². The second-order valence-corrected chi connectivity index (χ2v) is 5.10. The number of rotatable bonds is 4. The molecular formula is C18H17N3O. The van der Waals surface area contributed by atoms with Gasteiger partial charge in [0.2, 0.25) is 0 Å². The van der Waals surface area contributed by atoms with Crippen molar-refractivity contribution in [3.8, 4) is 0 Å². The lowest BCUT2D eigenvalue weighted by molar-refractivity contribution is 0.104. The normalized spacial score (nSPS) is 11.4. The Hall–Kier alpha value is -2.75. The molecule has 0 aliphatic carbocycles. The maximum Gasteiger partial charge on any atom is 0.189 e. The molecule has 0 atom stereocenters. The first kappa shape index (κ1) is 14.2. The van der Waals surface area contributed by atoms with Crippen LogP contribution in [0, 0.1) is 6.92 Å². The zero-order chi connectivity index (χ0) is 15.5. The quantitative estimate of drug-likeness (QED) is 0.544. The first-order valence-corrected chi connectivity index (χ1v) is 7.29. The van der Waals surface area contributed by atoms with Crippen LogP contribution in [-0.2, 0) is 6.54 Å². The summed E-state index contributed by atoms with van der Waals surface area (Å²) in [5.74, 6) is -0.0295. The van der Waals surface area contributed by atoms with E-state index >= 15 is 0 Å². The number of carbonyl (C=O) groups excluding carboxylic acids is 1. The molecule has 0 unspecified atom stereocenters. The van der Waals surface area contributed by atoms with E-state index in [2.05, 4.69) is 10.1 Å². The molecule has 1 aromatic carbocycles. The van der Waals surface area contributed by atoms with Gasteiger partial charge >= 0.3 is 0 Å². The summed E-state index contributed by atoms with van der Waals surface area (Å²) in [6.07, 6.45) is 7.00. The van der Waals surface area contributed by atoms with Gasteiger partial charge in [-0.25, -0.2) is 0 Å². The first-order chi connectivity index (χ1) is 10.7. The summed E-state index contributed by atoms with van der Waals surface area (Å²) in [6, 6.07) is 9.81. The third-order valence-corrected chi connectivity index (χ3v) is 3.63. The Morgan fingerprint density at radius 3 is 2.86 bits per heavy atom. The van der Waals surface area contributed by atoms with Crippen LogP contribution in [0.5, 0.6) is 0 Å². The standard InChI is InChI=1S/C18H17N3O/c1-3-21-12-16(13(2)20-21)18(22)9-8-14-10-11-19-17-7-5-4-6-15(14)17/h4-12H,3H2,1-2H3/b9-8+. The molecule has 22 heavy (non-hydrogen) atoms. The number of allylic oxidation sites excluding steroid dienone is 1. The van der Waals surface area contributed by atoms with Crippen LogP contribution >= 0.6 is 0 Å². The summed E-state index contributed by atoms with van der Waals surface area (Å²) in [6.45, 7) is 4.61. The monoisotopic (exact) mass is 291 g/mol. The van der Waals surface area contributed by atoms with E-state index in [0.717, 1.165) is 28.7 Å². The maximum atomic E-state index is 12.3. The van der Waals surface area contributed by atoms with Crippen LogP contribution < -0.4 is 0 Å². The lowest BCUT2D eigenvalue weighted by atomic mass is 10.1. The molecule has 4 heteroatoms. The molecule has 0 saturated heterocycles. The summed E-state index contributed by atoms with van der Waals surface area (Å²) in [7, 11) is 0. The number of carbonyl (C=O) groups is 1. The minimum atomic E-state index is -0.0295. The SMILES string of the molecule is CCn1cc(C(=O)/C=C/c2ccnc3ccccc23)c(C)n1. The number of para-hydroxylation sites is 1. The molecule has 110 valence electrons. The van der Waals surface area contributed by atoms with E-state index in [1.165, 1.54) is 0 Å². The third kappa shape index (κ3) is 2.68. The van der Waals surface area contributed by atoms with Crippen LogP contribution in [-0.4, -0.2) is 20.5 Å². The number of aryl methyl sites for hydroxylation is 2. The van der Waals surface area contributed by atoms with E-state index < -0.39 is 0 Å². The van der Waals surface area contributed by atoms with Crippen molar-refractivity contribution in [1.82, 2.24) is 14.8 Å². The fraction of sp³-hybridized carbons (Fsp3) is 0.167. The molecule has 3 rings (SSSR count). The summed E-state index contributed by atoms with van der Waals surface area (Å²) in [5.41, 5.74) is 3.32. The molecule has 0 aliphatic rings. The van der Waals surface area contributed by atoms with E-state index in [9.17, 15) is 4.79 Å². The highest BCUT2D eigenvalue weighted by Crippen LogP contribution is 2.18. The molecule has 0 N–H and O–H groups in total. The van der Waals surface area contributed by atoms with Crippen LogP contribution in [0.15, 0.2) is 48.8 Å². The number of hydrogen-bond donors (Lipinski definition) is 0. The molecule has 4 nitrogen and oxygen atoms in total. The molecule has 0 bridgehead atoms. The lowest BCUT2D eigenvalue weighted by Crippen LogP contribution is -1.95. The Morgan fingerprint density at radius 1 is 1.27 bits per heavy atom. The molecule has 3 aromatic rings. The minimum Gasteiger partial charge on any atom is -0.289 e. The largest absolute Gasteiger partial charge is 0.289 e. The Balaban J connectivity index is 1.92. The van der Waals surface area contributed by atoms with Crippen LogP contribution in [0.2, 0.25) is 0 Å². The number of benzene rings is 1. The molecule has 0 aliphatic heterocycles. The number of hydrogen-bond acceptors (Lipinski definition) is 3. The van der Waals surface area contributed by atoms with Gasteiger partial charge in [-0.1, -0.05) is 24.3 Å². The van der Waals surface area contributed by atoms with Crippen molar-refractivity contribution >= 4 is 22.8 Å². The van der Waals surface area contributed by atoms with Crippen LogP contribution in [0.3, 0.4) is 0 Å². The maximum absolute atomic E-state index is 12.3.